The average molecular weight is 511 g/mol. The van der Waals surface area contributed by atoms with Gasteiger partial charge in [-0.3, -0.25) is 0 Å². The van der Waals surface area contributed by atoms with Crippen LogP contribution < -0.4 is 15.5 Å². The van der Waals surface area contributed by atoms with Gasteiger partial charge in [0.2, 0.25) is 0 Å². The van der Waals surface area contributed by atoms with Crippen molar-refractivity contribution in [2.45, 2.75) is 39.7 Å². The highest BCUT2D eigenvalue weighted by Gasteiger charge is 2.14. The maximum Gasteiger partial charge on any atom is 0.191 e. The van der Waals surface area contributed by atoms with E-state index in [2.05, 4.69) is 70.7 Å². The number of rotatable bonds is 8. The molecule has 2 aliphatic heterocycles. The third-order valence-corrected chi connectivity index (χ3v) is 5.70. The van der Waals surface area contributed by atoms with Crippen molar-refractivity contribution < 1.29 is 0 Å². The summed E-state index contributed by atoms with van der Waals surface area (Å²) in [7, 11) is 0. The Morgan fingerprint density at radius 3 is 2.41 bits per heavy atom. The topological polar surface area (TPSA) is 42.9 Å². The highest BCUT2D eigenvalue weighted by molar-refractivity contribution is 14.0. The summed E-state index contributed by atoms with van der Waals surface area (Å²) < 4.78 is 0. The van der Waals surface area contributed by atoms with E-state index in [0.29, 0.717) is 6.54 Å². The van der Waals surface area contributed by atoms with E-state index in [9.17, 15) is 0 Å². The fourth-order valence-electron chi connectivity index (χ4n) is 3.81. The third-order valence-electron chi connectivity index (χ3n) is 5.70. The number of nitrogens with zero attached hydrogens (tertiary/aromatic N) is 3. The molecule has 0 bridgehead atoms. The summed E-state index contributed by atoms with van der Waals surface area (Å²) in [4.78, 5) is 9.72. The van der Waals surface area contributed by atoms with E-state index >= 15 is 0 Å². The number of likely N-dealkylation sites (tertiary alicyclic amines) is 1. The molecule has 0 amide bonds. The summed E-state index contributed by atoms with van der Waals surface area (Å²) >= 11 is 0. The molecule has 1 saturated heterocycles. The van der Waals surface area contributed by atoms with Crippen LogP contribution in [-0.4, -0.2) is 56.7 Å². The molecule has 0 unspecified atom stereocenters. The lowest BCUT2D eigenvalue weighted by Gasteiger charge is -2.30. The van der Waals surface area contributed by atoms with E-state index < -0.39 is 0 Å². The summed E-state index contributed by atoms with van der Waals surface area (Å²) in [6, 6.07) is 8.80. The fraction of sp³-hybridized carbons (Fsp3) is 0.609. The molecule has 0 atom stereocenters. The SMILES string of the molecule is CCNC(=NCc1ccc(N2CC=CC2)cc1)NCCCN1CCC(C)CC1.I. The van der Waals surface area contributed by atoms with Crippen LogP contribution >= 0.6 is 24.0 Å². The molecular weight excluding hydrogens is 473 g/mol. The molecule has 2 N–H and O–H groups in total. The van der Waals surface area contributed by atoms with Crippen LogP contribution in [0.4, 0.5) is 5.69 Å². The Balaban J connectivity index is 0.00000300. The van der Waals surface area contributed by atoms with Crippen LogP contribution in [0, 0.1) is 5.92 Å². The molecule has 1 aromatic carbocycles. The zero-order valence-corrected chi connectivity index (χ0v) is 20.4. The van der Waals surface area contributed by atoms with Crippen molar-refractivity contribution in [1.29, 1.82) is 0 Å². The van der Waals surface area contributed by atoms with Crippen LogP contribution in [0.1, 0.15) is 38.7 Å². The van der Waals surface area contributed by atoms with Gasteiger partial charge in [0.1, 0.15) is 0 Å². The summed E-state index contributed by atoms with van der Waals surface area (Å²) in [5.74, 6) is 1.82. The Morgan fingerprint density at radius 2 is 1.76 bits per heavy atom. The van der Waals surface area contributed by atoms with Crippen molar-refractivity contribution in [1.82, 2.24) is 15.5 Å². The normalized spacial score (nSPS) is 18.0. The lowest BCUT2D eigenvalue weighted by atomic mass is 9.99. The van der Waals surface area contributed by atoms with Gasteiger partial charge in [0.25, 0.3) is 0 Å². The van der Waals surface area contributed by atoms with Crippen LogP contribution in [0.2, 0.25) is 0 Å². The van der Waals surface area contributed by atoms with Crippen LogP contribution in [0.3, 0.4) is 0 Å². The lowest BCUT2D eigenvalue weighted by Crippen LogP contribution is -2.39. The van der Waals surface area contributed by atoms with Gasteiger partial charge in [-0.2, -0.15) is 0 Å². The molecule has 2 heterocycles. The van der Waals surface area contributed by atoms with E-state index in [4.69, 9.17) is 4.99 Å². The number of halogens is 1. The number of benzene rings is 1. The fourth-order valence-corrected chi connectivity index (χ4v) is 3.81. The Morgan fingerprint density at radius 1 is 1.07 bits per heavy atom. The van der Waals surface area contributed by atoms with Crippen molar-refractivity contribution >= 4 is 35.6 Å². The minimum absolute atomic E-state index is 0. The van der Waals surface area contributed by atoms with Crippen molar-refractivity contribution in [3.8, 4) is 0 Å². The highest BCUT2D eigenvalue weighted by Crippen LogP contribution is 2.18. The number of guanidine groups is 1. The predicted molar refractivity (Wildman–Crippen MR) is 135 cm³/mol. The van der Waals surface area contributed by atoms with Gasteiger partial charge in [0.05, 0.1) is 6.54 Å². The Labute approximate surface area is 194 Å². The second-order valence-corrected chi connectivity index (χ2v) is 8.04. The molecule has 162 valence electrons. The molecule has 3 rings (SSSR count). The molecule has 29 heavy (non-hydrogen) atoms. The van der Waals surface area contributed by atoms with Gasteiger partial charge in [0.15, 0.2) is 5.96 Å². The van der Waals surface area contributed by atoms with Crippen LogP contribution in [0.25, 0.3) is 0 Å². The molecule has 0 saturated carbocycles. The first-order valence-electron chi connectivity index (χ1n) is 11.0. The molecule has 0 spiro atoms. The number of hydrogen-bond acceptors (Lipinski definition) is 3. The number of nitrogens with one attached hydrogen (secondary N) is 2. The highest BCUT2D eigenvalue weighted by atomic mass is 127. The molecule has 6 heteroatoms. The van der Waals surface area contributed by atoms with Gasteiger partial charge >= 0.3 is 0 Å². The van der Waals surface area contributed by atoms with Crippen molar-refractivity contribution in [3.05, 3.63) is 42.0 Å². The minimum Gasteiger partial charge on any atom is -0.364 e. The van der Waals surface area contributed by atoms with E-state index in [0.717, 1.165) is 44.5 Å². The smallest absolute Gasteiger partial charge is 0.191 e. The third kappa shape index (κ3) is 8.16. The van der Waals surface area contributed by atoms with Crippen molar-refractivity contribution in [3.63, 3.8) is 0 Å². The molecule has 0 aromatic heterocycles. The Kier molecular flexibility index (Phi) is 10.8. The van der Waals surface area contributed by atoms with Gasteiger partial charge in [-0.25, -0.2) is 4.99 Å². The van der Waals surface area contributed by atoms with Gasteiger partial charge in [-0.15, -0.1) is 24.0 Å². The van der Waals surface area contributed by atoms with Gasteiger partial charge in [0, 0.05) is 31.9 Å². The molecule has 1 aromatic rings. The number of hydrogen-bond donors (Lipinski definition) is 2. The first-order chi connectivity index (χ1) is 13.7. The summed E-state index contributed by atoms with van der Waals surface area (Å²) in [6.45, 7) is 12.8. The largest absolute Gasteiger partial charge is 0.364 e. The average Bonchev–Trinajstić information content (AvgIpc) is 3.26. The lowest BCUT2D eigenvalue weighted by molar-refractivity contribution is 0.191. The molecule has 1 fully saturated rings. The number of aliphatic imine (C=N–C) groups is 1. The maximum absolute atomic E-state index is 4.76. The zero-order valence-electron chi connectivity index (χ0n) is 18.1. The Bertz CT molecular complexity index is 627. The van der Waals surface area contributed by atoms with Crippen molar-refractivity contribution in [2.75, 3.05) is 50.7 Å². The molecular formula is C23H38IN5. The number of anilines is 1. The van der Waals surface area contributed by atoms with Gasteiger partial charge in [-0.05, 0) is 69.4 Å². The Hall–Kier alpha value is -1.28. The van der Waals surface area contributed by atoms with Crippen molar-refractivity contribution in [2.24, 2.45) is 10.9 Å². The first-order valence-corrected chi connectivity index (χ1v) is 11.0. The van der Waals surface area contributed by atoms with E-state index in [1.165, 1.54) is 43.7 Å². The summed E-state index contributed by atoms with van der Waals surface area (Å²) in [6.07, 6.45) is 8.31. The quantitative estimate of drug-likeness (QED) is 0.183. The van der Waals surface area contributed by atoms with E-state index in [1.807, 2.05) is 0 Å². The molecule has 0 radical (unpaired) electrons. The van der Waals surface area contributed by atoms with Crippen LogP contribution in [0.5, 0.6) is 0 Å². The van der Waals surface area contributed by atoms with Gasteiger partial charge in [-0.1, -0.05) is 31.2 Å². The van der Waals surface area contributed by atoms with Crippen LogP contribution in [0.15, 0.2) is 41.4 Å². The second kappa shape index (κ2) is 13.1. The minimum atomic E-state index is 0. The van der Waals surface area contributed by atoms with Gasteiger partial charge < -0.3 is 20.4 Å². The molecule has 0 aliphatic carbocycles. The monoisotopic (exact) mass is 511 g/mol. The summed E-state index contributed by atoms with van der Waals surface area (Å²) in [5.41, 5.74) is 2.53. The zero-order chi connectivity index (χ0) is 19.6. The standard InChI is InChI=1S/C23H37N5.HI/c1-3-24-23(25-13-6-14-27-17-11-20(2)12-18-27)26-19-21-7-9-22(10-8-21)28-15-4-5-16-28;/h4-5,7-10,20H,3,6,11-19H2,1-2H3,(H2,24,25,26);1H. The number of piperidine rings is 1. The van der Waals surface area contributed by atoms with Crippen LogP contribution in [-0.2, 0) is 6.54 Å². The molecule has 5 nitrogen and oxygen atoms in total. The molecule has 2 aliphatic rings. The van der Waals surface area contributed by atoms with E-state index in [1.54, 1.807) is 0 Å². The maximum atomic E-state index is 4.76. The second-order valence-electron chi connectivity index (χ2n) is 8.04. The summed E-state index contributed by atoms with van der Waals surface area (Å²) in [5, 5.41) is 6.85. The predicted octanol–water partition coefficient (Wildman–Crippen LogP) is 3.86. The first kappa shape index (κ1) is 24.0. The van der Waals surface area contributed by atoms with E-state index in [-0.39, 0.29) is 24.0 Å².